The summed E-state index contributed by atoms with van der Waals surface area (Å²) in [6.45, 7) is 3.86. The topological polar surface area (TPSA) is 149 Å². The summed E-state index contributed by atoms with van der Waals surface area (Å²) in [7, 11) is 0. The largest absolute Gasteiger partial charge is 0.394 e. The van der Waals surface area contributed by atoms with Crippen molar-refractivity contribution in [3.8, 4) is 0 Å². The minimum absolute atomic E-state index is 0.132. The van der Waals surface area contributed by atoms with Gasteiger partial charge in [-0.25, -0.2) is 0 Å². The molecule has 1 saturated heterocycles. The van der Waals surface area contributed by atoms with E-state index in [2.05, 4.69) is 19.2 Å². The van der Waals surface area contributed by atoms with Crippen LogP contribution >= 0.6 is 0 Å². The average molecular weight is 941 g/mol. The number of amides is 1. The van der Waals surface area contributed by atoms with E-state index in [1.807, 2.05) is 0 Å². The molecule has 0 saturated carbocycles. The van der Waals surface area contributed by atoms with E-state index in [4.69, 9.17) is 9.47 Å². The Bertz CT molecular complexity index is 1000. The second kappa shape index (κ2) is 47.8. The zero-order valence-electron chi connectivity index (χ0n) is 43.7. The molecule has 0 aromatic rings. The predicted molar refractivity (Wildman–Crippen MR) is 277 cm³/mol. The van der Waals surface area contributed by atoms with E-state index in [0.29, 0.717) is 12.8 Å². The van der Waals surface area contributed by atoms with Crippen molar-refractivity contribution in [1.29, 1.82) is 0 Å². The van der Waals surface area contributed by atoms with Crippen molar-refractivity contribution in [1.82, 2.24) is 5.32 Å². The van der Waals surface area contributed by atoms with Crippen LogP contribution in [0.1, 0.15) is 303 Å². The van der Waals surface area contributed by atoms with E-state index in [1.54, 1.807) is 0 Å². The number of aliphatic hydroxyl groups is 5. The molecule has 394 valence electrons. The third-order valence-electron chi connectivity index (χ3n) is 14.5. The molecule has 0 spiro atoms. The zero-order valence-corrected chi connectivity index (χ0v) is 43.7. The molecule has 1 rings (SSSR count). The van der Waals surface area contributed by atoms with Crippen molar-refractivity contribution in [3.63, 3.8) is 0 Å². The number of carbonyl (C=O) groups excluding carboxylic acids is 1. The summed E-state index contributed by atoms with van der Waals surface area (Å²) in [6.07, 6.45) is 50.2. The number of hydrogen-bond donors (Lipinski definition) is 6. The SMILES string of the molecule is CCCCCCCCCCCCCCCCCCCCCCCCCCCCCCCCCCC(=O)N[C@@H](CO[C@@H]1O[C@H](CO)[C@@H](O)C(O)C1O)[C@H](O)CCCCCCCCCCCCC. The first-order chi connectivity index (χ1) is 32.3. The summed E-state index contributed by atoms with van der Waals surface area (Å²) in [6, 6.07) is -0.712. The van der Waals surface area contributed by atoms with Gasteiger partial charge in [0.1, 0.15) is 24.4 Å². The first-order valence-electron chi connectivity index (χ1n) is 29.2. The van der Waals surface area contributed by atoms with Crippen LogP contribution in [0.2, 0.25) is 0 Å². The summed E-state index contributed by atoms with van der Waals surface area (Å²) in [5.41, 5.74) is 0. The van der Waals surface area contributed by atoms with E-state index in [1.165, 1.54) is 238 Å². The van der Waals surface area contributed by atoms with Crippen molar-refractivity contribution >= 4 is 5.91 Å². The normalized spacial score (nSPS) is 19.7. The van der Waals surface area contributed by atoms with Gasteiger partial charge in [-0.2, -0.15) is 0 Å². The molecule has 6 N–H and O–H groups in total. The van der Waals surface area contributed by atoms with Gasteiger partial charge in [0.2, 0.25) is 5.91 Å². The van der Waals surface area contributed by atoms with Crippen molar-refractivity contribution in [2.24, 2.45) is 0 Å². The van der Waals surface area contributed by atoms with Gasteiger partial charge in [-0.15, -0.1) is 0 Å². The van der Waals surface area contributed by atoms with Gasteiger partial charge in [-0.3, -0.25) is 4.79 Å². The number of rotatable bonds is 51. The molecule has 0 aromatic heterocycles. The highest BCUT2D eigenvalue weighted by Crippen LogP contribution is 2.23. The predicted octanol–water partition coefficient (Wildman–Crippen LogP) is 14.2. The van der Waals surface area contributed by atoms with Crippen LogP contribution in [0.5, 0.6) is 0 Å². The molecule has 9 nitrogen and oxygen atoms in total. The molecule has 1 fully saturated rings. The molecule has 7 atom stereocenters. The number of carbonyl (C=O) groups is 1. The van der Waals surface area contributed by atoms with Gasteiger partial charge >= 0.3 is 0 Å². The number of ether oxygens (including phenoxy) is 2. The van der Waals surface area contributed by atoms with Crippen molar-refractivity contribution in [3.05, 3.63) is 0 Å². The third kappa shape index (κ3) is 37.1. The lowest BCUT2D eigenvalue weighted by molar-refractivity contribution is -0.302. The Hall–Kier alpha value is -0.810. The summed E-state index contributed by atoms with van der Waals surface area (Å²) in [5.74, 6) is -0.138. The molecule has 0 bridgehead atoms. The van der Waals surface area contributed by atoms with Crippen LogP contribution in [-0.4, -0.2) is 87.5 Å². The van der Waals surface area contributed by atoms with Gasteiger partial charge in [0.05, 0.1) is 25.4 Å². The lowest BCUT2D eigenvalue weighted by Crippen LogP contribution is -2.60. The highest BCUT2D eigenvalue weighted by molar-refractivity contribution is 5.76. The van der Waals surface area contributed by atoms with Crippen molar-refractivity contribution in [2.45, 2.75) is 346 Å². The summed E-state index contributed by atoms with van der Waals surface area (Å²) in [4.78, 5) is 13.0. The maximum absolute atomic E-state index is 13.0. The van der Waals surface area contributed by atoms with E-state index < -0.39 is 49.5 Å². The fourth-order valence-corrected chi connectivity index (χ4v) is 9.81. The first-order valence-corrected chi connectivity index (χ1v) is 29.2. The second-order valence-electron chi connectivity index (χ2n) is 20.8. The molecule has 66 heavy (non-hydrogen) atoms. The first kappa shape index (κ1) is 63.2. The van der Waals surface area contributed by atoms with E-state index >= 15 is 0 Å². The molecular formula is C57H113NO8. The third-order valence-corrected chi connectivity index (χ3v) is 14.5. The minimum atomic E-state index is -1.55. The Morgan fingerprint density at radius 3 is 1.08 bits per heavy atom. The lowest BCUT2D eigenvalue weighted by Gasteiger charge is -2.40. The average Bonchev–Trinajstić information content (AvgIpc) is 3.32. The monoisotopic (exact) mass is 940 g/mol. The fraction of sp³-hybridized carbons (Fsp3) is 0.982. The molecule has 0 radical (unpaired) electrons. The Kier molecular flexibility index (Phi) is 45.8. The van der Waals surface area contributed by atoms with Crippen LogP contribution in [-0.2, 0) is 14.3 Å². The van der Waals surface area contributed by atoms with E-state index in [0.717, 1.165) is 38.5 Å². The van der Waals surface area contributed by atoms with E-state index in [-0.39, 0.29) is 12.5 Å². The smallest absolute Gasteiger partial charge is 0.220 e. The summed E-state index contributed by atoms with van der Waals surface area (Å²) < 4.78 is 11.3. The van der Waals surface area contributed by atoms with Crippen molar-refractivity contribution < 1.29 is 39.8 Å². The Balaban J connectivity index is 2.05. The van der Waals surface area contributed by atoms with Crippen LogP contribution in [0.3, 0.4) is 0 Å². The number of aliphatic hydroxyl groups excluding tert-OH is 5. The highest BCUT2D eigenvalue weighted by Gasteiger charge is 2.44. The number of nitrogens with one attached hydrogen (secondary N) is 1. The molecule has 0 aliphatic carbocycles. The van der Waals surface area contributed by atoms with Gasteiger partial charge in [0.15, 0.2) is 6.29 Å². The second-order valence-corrected chi connectivity index (χ2v) is 20.8. The maximum Gasteiger partial charge on any atom is 0.220 e. The van der Waals surface area contributed by atoms with Crippen LogP contribution in [0.15, 0.2) is 0 Å². The standard InChI is InChI=1S/C57H113NO8/c1-3-5-7-9-11-13-15-16-17-18-19-20-21-22-23-24-25-26-27-28-29-30-31-32-33-34-35-37-39-41-43-45-47-53(61)58-50(49-65-57-56(64)55(63)54(62)52(48-59)66-57)51(60)46-44-42-40-38-36-14-12-10-8-6-4-2/h50-52,54-57,59-60,62-64H,3-49H2,1-2H3,(H,58,61)/t50-,51+,52+,54+,55?,56?,57+/m0/s1. The van der Waals surface area contributed by atoms with Gasteiger partial charge in [-0.1, -0.05) is 284 Å². The zero-order chi connectivity index (χ0) is 48.0. The van der Waals surface area contributed by atoms with Gasteiger partial charge in [-0.05, 0) is 12.8 Å². The maximum atomic E-state index is 13.0. The summed E-state index contributed by atoms with van der Waals surface area (Å²) >= 11 is 0. The van der Waals surface area contributed by atoms with Crippen LogP contribution in [0.25, 0.3) is 0 Å². The molecule has 9 heteroatoms. The molecule has 1 aliphatic heterocycles. The number of hydrogen-bond acceptors (Lipinski definition) is 8. The molecule has 0 aromatic carbocycles. The Morgan fingerprint density at radius 2 is 0.758 bits per heavy atom. The molecule has 1 heterocycles. The highest BCUT2D eigenvalue weighted by atomic mass is 16.7. The minimum Gasteiger partial charge on any atom is -0.394 e. The number of unbranched alkanes of at least 4 members (excludes halogenated alkanes) is 41. The van der Waals surface area contributed by atoms with Crippen LogP contribution in [0, 0.1) is 0 Å². The van der Waals surface area contributed by atoms with Crippen LogP contribution < -0.4 is 5.32 Å². The van der Waals surface area contributed by atoms with Gasteiger partial charge in [0, 0.05) is 6.42 Å². The molecule has 2 unspecified atom stereocenters. The Morgan fingerprint density at radius 1 is 0.455 bits per heavy atom. The molecular weight excluding hydrogens is 827 g/mol. The van der Waals surface area contributed by atoms with Crippen molar-refractivity contribution in [2.75, 3.05) is 13.2 Å². The molecule has 1 amide bonds. The van der Waals surface area contributed by atoms with Gasteiger partial charge in [0.25, 0.3) is 0 Å². The fourth-order valence-electron chi connectivity index (χ4n) is 9.81. The van der Waals surface area contributed by atoms with Gasteiger partial charge < -0.3 is 40.3 Å². The lowest BCUT2D eigenvalue weighted by atomic mass is 9.99. The molecule has 1 aliphatic rings. The van der Waals surface area contributed by atoms with Crippen LogP contribution in [0.4, 0.5) is 0 Å². The Labute approximate surface area is 408 Å². The summed E-state index contributed by atoms with van der Waals surface area (Å²) in [5, 5.41) is 54.5. The van der Waals surface area contributed by atoms with E-state index in [9.17, 15) is 30.3 Å². The quantitative estimate of drug-likeness (QED) is 0.0330.